The van der Waals surface area contributed by atoms with Crippen molar-refractivity contribution in [2.45, 2.75) is 45.3 Å². The molecule has 0 radical (unpaired) electrons. The van der Waals surface area contributed by atoms with E-state index >= 15 is 0 Å². The van der Waals surface area contributed by atoms with Crippen LogP contribution in [0.15, 0.2) is 46.7 Å². The molecule has 148 valence electrons. The van der Waals surface area contributed by atoms with Gasteiger partial charge in [0.25, 0.3) is 5.56 Å². The Morgan fingerprint density at radius 1 is 1.28 bits per heavy atom. The lowest BCUT2D eigenvalue weighted by atomic mass is 10.3. The monoisotopic (exact) mass is 407 g/mol. The molecule has 0 aliphatic heterocycles. The molecular weight excluding hydrogens is 386 g/mol. The number of nitrogens with zero attached hydrogens (tertiary/aromatic N) is 5. The molecule has 0 aromatic carbocycles. The molecule has 5 rings (SSSR count). The van der Waals surface area contributed by atoms with Gasteiger partial charge in [-0.15, -0.1) is 11.3 Å². The number of hydrogen-bond acceptors (Lipinski definition) is 5. The van der Waals surface area contributed by atoms with Crippen LogP contribution in [0.2, 0.25) is 0 Å². The summed E-state index contributed by atoms with van der Waals surface area (Å²) in [4.78, 5) is 32.3. The number of fused-ring (bicyclic) bond motifs is 3. The van der Waals surface area contributed by atoms with Gasteiger partial charge in [-0.05, 0) is 42.5 Å². The molecular formula is C21H21N5O2S. The second-order valence-corrected chi connectivity index (χ2v) is 8.29. The van der Waals surface area contributed by atoms with Crippen molar-refractivity contribution in [3.63, 3.8) is 0 Å². The summed E-state index contributed by atoms with van der Waals surface area (Å²) < 4.78 is 4.30. The quantitative estimate of drug-likeness (QED) is 0.493. The van der Waals surface area contributed by atoms with Crippen molar-refractivity contribution in [3.05, 3.63) is 63.8 Å². The van der Waals surface area contributed by atoms with Crippen LogP contribution in [0.5, 0.6) is 0 Å². The van der Waals surface area contributed by atoms with Gasteiger partial charge in [-0.1, -0.05) is 13.0 Å². The molecule has 0 saturated heterocycles. The van der Waals surface area contributed by atoms with Crippen molar-refractivity contribution in [2.24, 2.45) is 0 Å². The van der Waals surface area contributed by atoms with Gasteiger partial charge in [0.1, 0.15) is 17.9 Å². The van der Waals surface area contributed by atoms with Crippen molar-refractivity contribution >= 4 is 33.0 Å². The van der Waals surface area contributed by atoms with Crippen LogP contribution in [-0.4, -0.2) is 36.0 Å². The Kier molecular flexibility index (Phi) is 4.43. The Bertz CT molecular complexity index is 1250. The number of aromatic nitrogens is 4. The molecule has 29 heavy (non-hydrogen) atoms. The van der Waals surface area contributed by atoms with Crippen molar-refractivity contribution in [2.75, 3.05) is 0 Å². The lowest BCUT2D eigenvalue weighted by molar-refractivity contribution is -0.133. The Hall–Kier alpha value is -3.00. The lowest BCUT2D eigenvalue weighted by Gasteiger charge is -2.22. The van der Waals surface area contributed by atoms with Gasteiger partial charge in [0, 0.05) is 18.7 Å². The van der Waals surface area contributed by atoms with E-state index in [0.29, 0.717) is 18.5 Å². The van der Waals surface area contributed by atoms with E-state index in [-0.39, 0.29) is 24.1 Å². The van der Waals surface area contributed by atoms with Gasteiger partial charge in [-0.3, -0.25) is 19.0 Å². The topological polar surface area (TPSA) is 72.5 Å². The van der Waals surface area contributed by atoms with E-state index in [1.54, 1.807) is 17.5 Å². The predicted molar refractivity (Wildman–Crippen MR) is 112 cm³/mol. The third-order valence-corrected chi connectivity index (χ3v) is 6.19. The molecule has 0 unspecified atom stereocenters. The van der Waals surface area contributed by atoms with Crippen LogP contribution >= 0.6 is 11.3 Å². The fraction of sp³-hybridized carbons (Fsp3) is 0.333. The number of thiophene rings is 1. The number of pyridine rings is 1. The minimum atomic E-state index is -0.229. The maximum atomic E-state index is 13.1. The zero-order valence-electron chi connectivity index (χ0n) is 16.1. The zero-order valence-corrected chi connectivity index (χ0v) is 16.9. The standard InChI is InChI=1S/C21H21N5O2S/c1-2-19-23-25(21(28)17-11-18-16(26(17)19)8-10-29-18)13-20(27)24(15-6-7-15)12-14-5-3-4-9-22-14/h3-5,8-11,15H,2,6-7,12-13H2,1H3. The average molecular weight is 407 g/mol. The number of carbonyl (C=O) groups excluding carboxylic acids is 1. The molecule has 1 saturated carbocycles. The van der Waals surface area contributed by atoms with Gasteiger partial charge in [0.2, 0.25) is 5.91 Å². The highest BCUT2D eigenvalue weighted by Crippen LogP contribution is 2.28. The number of carbonyl (C=O) groups is 1. The number of rotatable bonds is 6. The molecule has 0 spiro atoms. The summed E-state index contributed by atoms with van der Waals surface area (Å²) in [6.45, 7) is 2.42. The van der Waals surface area contributed by atoms with E-state index in [0.717, 1.165) is 34.6 Å². The van der Waals surface area contributed by atoms with Gasteiger partial charge in [-0.25, -0.2) is 4.68 Å². The second-order valence-electron chi connectivity index (χ2n) is 7.34. The maximum Gasteiger partial charge on any atom is 0.291 e. The summed E-state index contributed by atoms with van der Waals surface area (Å²) in [5.41, 5.74) is 2.20. The van der Waals surface area contributed by atoms with Crippen LogP contribution in [0.1, 0.15) is 31.3 Å². The molecule has 4 aromatic rings. The van der Waals surface area contributed by atoms with Gasteiger partial charge in [0.05, 0.1) is 22.5 Å². The maximum absolute atomic E-state index is 13.1. The minimum Gasteiger partial charge on any atom is -0.332 e. The Balaban J connectivity index is 1.49. The van der Waals surface area contributed by atoms with E-state index in [4.69, 9.17) is 0 Å². The van der Waals surface area contributed by atoms with Gasteiger partial charge in [-0.2, -0.15) is 5.10 Å². The minimum absolute atomic E-state index is 0.0511. The molecule has 0 bridgehead atoms. The molecule has 1 aliphatic rings. The van der Waals surface area contributed by atoms with E-state index < -0.39 is 0 Å². The summed E-state index contributed by atoms with van der Waals surface area (Å²) >= 11 is 1.60. The SMILES string of the molecule is CCc1nn(CC(=O)N(Cc2ccccn2)C2CC2)c(=O)c2cc3sccc3n12. The molecule has 0 atom stereocenters. The van der Waals surface area contributed by atoms with Crippen LogP contribution in [0.25, 0.3) is 15.7 Å². The molecule has 8 heteroatoms. The second kappa shape index (κ2) is 7.11. The Labute approximate surface area is 171 Å². The van der Waals surface area contributed by atoms with Crippen LogP contribution in [0, 0.1) is 0 Å². The Morgan fingerprint density at radius 3 is 2.86 bits per heavy atom. The summed E-state index contributed by atoms with van der Waals surface area (Å²) in [7, 11) is 0. The third-order valence-electron chi connectivity index (χ3n) is 5.34. The van der Waals surface area contributed by atoms with E-state index in [1.807, 2.05) is 51.9 Å². The first-order valence-corrected chi connectivity index (χ1v) is 10.7. The van der Waals surface area contributed by atoms with Crippen LogP contribution in [0.3, 0.4) is 0 Å². The van der Waals surface area contributed by atoms with Crippen LogP contribution in [0.4, 0.5) is 0 Å². The largest absolute Gasteiger partial charge is 0.332 e. The first kappa shape index (κ1) is 18.1. The molecule has 7 nitrogen and oxygen atoms in total. The first-order chi connectivity index (χ1) is 14.2. The van der Waals surface area contributed by atoms with Gasteiger partial charge < -0.3 is 4.90 Å². The van der Waals surface area contributed by atoms with Crippen molar-refractivity contribution in [3.8, 4) is 0 Å². The van der Waals surface area contributed by atoms with E-state index in [2.05, 4.69) is 10.1 Å². The number of aryl methyl sites for hydroxylation is 1. The lowest BCUT2D eigenvalue weighted by Crippen LogP contribution is -2.39. The first-order valence-electron chi connectivity index (χ1n) is 9.83. The van der Waals surface area contributed by atoms with Crippen LogP contribution < -0.4 is 5.56 Å². The summed E-state index contributed by atoms with van der Waals surface area (Å²) in [5.74, 6) is 0.691. The number of hydrogen-bond donors (Lipinski definition) is 0. The summed E-state index contributed by atoms with van der Waals surface area (Å²) in [6, 6.07) is 9.83. The number of amides is 1. The molecule has 4 heterocycles. The summed E-state index contributed by atoms with van der Waals surface area (Å²) in [6.07, 6.45) is 4.39. The van der Waals surface area contributed by atoms with Crippen molar-refractivity contribution in [1.82, 2.24) is 24.1 Å². The average Bonchev–Trinajstić information content (AvgIpc) is 3.36. The van der Waals surface area contributed by atoms with Gasteiger partial charge in [0.15, 0.2) is 0 Å². The summed E-state index contributed by atoms with van der Waals surface area (Å²) in [5, 5.41) is 6.55. The smallest absolute Gasteiger partial charge is 0.291 e. The van der Waals surface area contributed by atoms with E-state index in [9.17, 15) is 9.59 Å². The normalized spacial score (nSPS) is 14.0. The molecule has 1 fully saturated rings. The fourth-order valence-corrected chi connectivity index (χ4v) is 4.55. The van der Waals surface area contributed by atoms with Crippen molar-refractivity contribution < 1.29 is 4.79 Å². The highest BCUT2D eigenvalue weighted by molar-refractivity contribution is 7.17. The highest BCUT2D eigenvalue weighted by atomic mass is 32.1. The third kappa shape index (κ3) is 3.23. The Morgan fingerprint density at radius 2 is 2.14 bits per heavy atom. The molecule has 1 amide bonds. The van der Waals surface area contributed by atoms with Crippen molar-refractivity contribution in [1.29, 1.82) is 0 Å². The zero-order chi connectivity index (χ0) is 20.0. The van der Waals surface area contributed by atoms with Gasteiger partial charge >= 0.3 is 0 Å². The van der Waals surface area contributed by atoms with E-state index in [1.165, 1.54) is 4.68 Å². The predicted octanol–water partition coefficient (Wildman–Crippen LogP) is 2.86. The highest BCUT2D eigenvalue weighted by Gasteiger charge is 2.33. The molecule has 1 aliphatic carbocycles. The molecule has 0 N–H and O–H groups in total. The molecule has 4 aromatic heterocycles. The fourth-order valence-electron chi connectivity index (χ4n) is 3.75. The van der Waals surface area contributed by atoms with Crippen LogP contribution in [-0.2, 0) is 24.3 Å².